The van der Waals surface area contributed by atoms with Crippen LogP contribution in [0.4, 0.5) is 0 Å². The molecule has 0 spiro atoms. The Bertz CT molecular complexity index is 345. The van der Waals surface area contributed by atoms with Gasteiger partial charge in [-0.3, -0.25) is 4.90 Å². The van der Waals surface area contributed by atoms with Crippen molar-refractivity contribution < 1.29 is 14.2 Å². The topological polar surface area (TPSA) is 30.9 Å². The van der Waals surface area contributed by atoms with Gasteiger partial charge in [0, 0.05) is 19.6 Å². The molecule has 0 aliphatic carbocycles. The van der Waals surface area contributed by atoms with Gasteiger partial charge in [0.1, 0.15) is 12.4 Å². The van der Waals surface area contributed by atoms with Gasteiger partial charge in [-0.05, 0) is 19.1 Å². The zero-order valence-electron chi connectivity index (χ0n) is 11.6. The third kappa shape index (κ3) is 5.59. The van der Waals surface area contributed by atoms with E-state index in [4.69, 9.17) is 14.2 Å². The summed E-state index contributed by atoms with van der Waals surface area (Å²) >= 11 is 0. The summed E-state index contributed by atoms with van der Waals surface area (Å²) in [6.45, 7) is 7.92. The first-order valence-electron chi connectivity index (χ1n) is 6.94. The summed E-state index contributed by atoms with van der Waals surface area (Å²) in [6.07, 6.45) is 0.343. The quantitative estimate of drug-likeness (QED) is 0.704. The van der Waals surface area contributed by atoms with Crippen molar-refractivity contribution in [3.8, 4) is 5.75 Å². The van der Waals surface area contributed by atoms with Crippen molar-refractivity contribution in [2.75, 3.05) is 46.1 Å². The van der Waals surface area contributed by atoms with Gasteiger partial charge >= 0.3 is 0 Å². The highest BCUT2D eigenvalue weighted by Crippen LogP contribution is 2.07. The van der Waals surface area contributed by atoms with Gasteiger partial charge in [-0.2, -0.15) is 0 Å². The molecule has 1 aromatic carbocycles. The van der Waals surface area contributed by atoms with E-state index in [2.05, 4.69) is 11.8 Å². The van der Waals surface area contributed by atoms with Gasteiger partial charge in [-0.15, -0.1) is 0 Å². The van der Waals surface area contributed by atoms with E-state index >= 15 is 0 Å². The number of ether oxygens (including phenoxy) is 3. The van der Waals surface area contributed by atoms with Crippen LogP contribution in [0.25, 0.3) is 0 Å². The number of para-hydroxylation sites is 1. The van der Waals surface area contributed by atoms with Gasteiger partial charge < -0.3 is 14.2 Å². The molecule has 4 heteroatoms. The van der Waals surface area contributed by atoms with Crippen LogP contribution in [0.1, 0.15) is 6.92 Å². The largest absolute Gasteiger partial charge is 0.491 e. The highest BCUT2D eigenvalue weighted by molar-refractivity contribution is 5.20. The van der Waals surface area contributed by atoms with E-state index in [9.17, 15) is 0 Å². The highest BCUT2D eigenvalue weighted by Gasteiger charge is 2.15. The predicted octanol–water partition coefficient (Wildman–Crippen LogP) is 1.80. The Labute approximate surface area is 115 Å². The van der Waals surface area contributed by atoms with Crippen molar-refractivity contribution in [3.63, 3.8) is 0 Å². The monoisotopic (exact) mass is 265 g/mol. The highest BCUT2D eigenvalue weighted by atomic mass is 16.5. The molecule has 4 nitrogen and oxygen atoms in total. The Balaban J connectivity index is 1.48. The molecule has 1 aromatic rings. The molecule has 0 radical (unpaired) electrons. The van der Waals surface area contributed by atoms with Crippen molar-refractivity contribution in [2.45, 2.75) is 13.0 Å². The molecule has 0 unspecified atom stereocenters. The normalized spacial score (nSPS) is 20.4. The lowest BCUT2D eigenvalue weighted by molar-refractivity contribution is -0.0280. The van der Waals surface area contributed by atoms with Crippen LogP contribution in [0.5, 0.6) is 5.75 Å². The average molecular weight is 265 g/mol. The second kappa shape index (κ2) is 8.15. The lowest BCUT2D eigenvalue weighted by Crippen LogP contribution is -2.42. The SMILES string of the molecule is C[C@H]1CN(CCOCCOc2ccccc2)CCO1. The van der Waals surface area contributed by atoms with Crippen LogP contribution >= 0.6 is 0 Å². The average Bonchev–Trinajstić information content (AvgIpc) is 2.44. The van der Waals surface area contributed by atoms with Crippen LogP contribution in [0.2, 0.25) is 0 Å². The second-order valence-electron chi connectivity index (χ2n) is 4.76. The van der Waals surface area contributed by atoms with Crippen molar-refractivity contribution in [3.05, 3.63) is 30.3 Å². The molecule has 1 heterocycles. The summed E-state index contributed by atoms with van der Waals surface area (Å²) in [4.78, 5) is 2.38. The smallest absolute Gasteiger partial charge is 0.119 e. The molecule has 106 valence electrons. The Morgan fingerprint density at radius 1 is 1.21 bits per heavy atom. The minimum atomic E-state index is 0.343. The zero-order valence-corrected chi connectivity index (χ0v) is 11.6. The molecule has 0 aromatic heterocycles. The van der Waals surface area contributed by atoms with Crippen LogP contribution in [0, 0.1) is 0 Å². The predicted molar refractivity (Wildman–Crippen MR) is 74.6 cm³/mol. The van der Waals surface area contributed by atoms with Gasteiger partial charge in [0.25, 0.3) is 0 Å². The van der Waals surface area contributed by atoms with E-state index in [0.29, 0.717) is 19.3 Å². The minimum absolute atomic E-state index is 0.343. The lowest BCUT2D eigenvalue weighted by Gasteiger charge is -2.30. The Hall–Kier alpha value is -1.10. The first-order chi connectivity index (χ1) is 9.34. The molecule has 2 rings (SSSR count). The van der Waals surface area contributed by atoms with Crippen LogP contribution in [0.3, 0.4) is 0 Å². The third-order valence-electron chi connectivity index (χ3n) is 3.12. The maximum Gasteiger partial charge on any atom is 0.119 e. The van der Waals surface area contributed by atoms with Crippen LogP contribution in [-0.2, 0) is 9.47 Å². The fraction of sp³-hybridized carbons (Fsp3) is 0.600. The van der Waals surface area contributed by atoms with Gasteiger partial charge in [-0.1, -0.05) is 18.2 Å². The summed E-state index contributed by atoms with van der Waals surface area (Å²) in [5.74, 6) is 0.896. The molecule has 0 amide bonds. The van der Waals surface area contributed by atoms with Crippen LogP contribution in [-0.4, -0.2) is 57.1 Å². The van der Waals surface area contributed by atoms with Crippen LogP contribution in [0.15, 0.2) is 30.3 Å². The number of rotatable bonds is 7. The number of morpholine rings is 1. The molecular weight excluding hydrogens is 242 g/mol. The molecule has 1 atom stereocenters. The maximum absolute atomic E-state index is 5.59. The van der Waals surface area contributed by atoms with E-state index in [1.807, 2.05) is 30.3 Å². The summed E-state index contributed by atoms with van der Waals surface area (Å²) < 4.78 is 16.6. The maximum atomic E-state index is 5.59. The van der Waals surface area contributed by atoms with Gasteiger partial charge in [0.15, 0.2) is 0 Å². The third-order valence-corrected chi connectivity index (χ3v) is 3.12. The van der Waals surface area contributed by atoms with Gasteiger partial charge in [0.2, 0.25) is 0 Å². The Morgan fingerprint density at radius 2 is 2.05 bits per heavy atom. The molecule has 1 saturated heterocycles. The Kier molecular flexibility index (Phi) is 6.14. The number of nitrogens with zero attached hydrogens (tertiary/aromatic N) is 1. The molecule has 0 N–H and O–H groups in total. The first kappa shape index (κ1) is 14.3. The molecule has 1 fully saturated rings. The lowest BCUT2D eigenvalue weighted by atomic mass is 10.3. The fourth-order valence-corrected chi connectivity index (χ4v) is 2.12. The standard InChI is InChI=1S/C15H23NO3/c1-14-13-16(8-10-18-14)7-9-17-11-12-19-15-5-3-2-4-6-15/h2-6,14H,7-13H2,1H3/t14-/m0/s1. The molecule has 1 aliphatic rings. The van der Waals surface area contributed by atoms with Crippen molar-refractivity contribution in [1.82, 2.24) is 4.90 Å². The summed E-state index contributed by atoms with van der Waals surface area (Å²) in [6, 6.07) is 9.82. The molecule has 19 heavy (non-hydrogen) atoms. The van der Waals surface area contributed by atoms with E-state index in [0.717, 1.165) is 38.6 Å². The fourth-order valence-electron chi connectivity index (χ4n) is 2.12. The summed E-state index contributed by atoms with van der Waals surface area (Å²) in [7, 11) is 0. The second-order valence-corrected chi connectivity index (χ2v) is 4.76. The van der Waals surface area contributed by atoms with Gasteiger partial charge in [-0.25, -0.2) is 0 Å². The van der Waals surface area contributed by atoms with E-state index in [-0.39, 0.29) is 0 Å². The molecule has 1 aliphatic heterocycles. The van der Waals surface area contributed by atoms with Crippen molar-refractivity contribution >= 4 is 0 Å². The van der Waals surface area contributed by atoms with Crippen LogP contribution < -0.4 is 4.74 Å². The summed E-state index contributed by atoms with van der Waals surface area (Å²) in [5.41, 5.74) is 0. The molecule has 0 bridgehead atoms. The number of hydrogen-bond acceptors (Lipinski definition) is 4. The molecule has 0 saturated carbocycles. The Morgan fingerprint density at radius 3 is 2.84 bits per heavy atom. The van der Waals surface area contributed by atoms with Crippen molar-refractivity contribution in [2.24, 2.45) is 0 Å². The van der Waals surface area contributed by atoms with Crippen molar-refractivity contribution in [1.29, 1.82) is 0 Å². The van der Waals surface area contributed by atoms with E-state index < -0.39 is 0 Å². The summed E-state index contributed by atoms with van der Waals surface area (Å²) in [5, 5.41) is 0. The first-order valence-corrected chi connectivity index (χ1v) is 6.94. The minimum Gasteiger partial charge on any atom is -0.491 e. The zero-order chi connectivity index (χ0) is 13.3. The molecular formula is C15H23NO3. The number of hydrogen-bond donors (Lipinski definition) is 0. The van der Waals surface area contributed by atoms with E-state index in [1.54, 1.807) is 0 Å². The number of benzene rings is 1. The van der Waals surface area contributed by atoms with E-state index in [1.165, 1.54) is 0 Å². The van der Waals surface area contributed by atoms with Gasteiger partial charge in [0.05, 0.1) is 25.9 Å².